The number of likely N-dealkylation sites (tertiary alicyclic amines) is 1. The third-order valence-corrected chi connectivity index (χ3v) is 4.66. The quantitative estimate of drug-likeness (QED) is 0.898. The molecule has 3 rings (SSSR count). The molecule has 7 nitrogen and oxygen atoms in total. The number of alkyl halides is 3. The van der Waals surface area contributed by atoms with Crippen LogP contribution in [0.25, 0.3) is 0 Å². The zero-order valence-corrected chi connectivity index (χ0v) is 14.6. The fourth-order valence-electron chi connectivity index (χ4n) is 3.18. The molecule has 1 fully saturated rings. The third kappa shape index (κ3) is 3.74. The van der Waals surface area contributed by atoms with Gasteiger partial charge in [0, 0.05) is 32.3 Å². The van der Waals surface area contributed by atoms with E-state index >= 15 is 0 Å². The van der Waals surface area contributed by atoms with Crippen molar-refractivity contribution >= 4 is 11.7 Å². The van der Waals surface area contributed by atoms with E-state index in [1.165, 1.54) is 7.05 Å². The predicted molar refractivity (Wildman–Crippen MR) is 88.8 cm³/mol. The van der Waals surface area contributed by atoms with Crippen molar-refractivity contribution in [2.75, 3.05) is 25.0 Å². The smallest absolute Gasteiger partial charge is 0.305 e. The molecule has 0 bridgehead atoms. The number of nitrogens with one attached hydrogen (secondary N) is 1. The van der Waals surface area contributed by atoms with Crippen LogP contribution in [-0.2, 0) is 13.2 Å². The van der Waals surface area contributed by atoms with E-state index in [0.717, 1.165) is 43.2 Å². The second-order valence-corrected chi connectivity index (χ2v) is 6.32. The number of hydrogen-bond acceptors (Lipinski definition) is 4. The van der Waals surface area contributed by atoms with Gasteiger partial charge in [0.05, 0.1) is 12.2 Å². The van der Waals surface area contributed by atoms with Crippen LogP contribution in [0.3, 0.4) is 0 Å². The average molecular weight is 370 g/mol. The summed E-state index contributed by atoms with van der Waals surface area (Å²) in [7, 11) is 1.31. The normalized spacial score (nSPS) is 16.8. The van der Waals surface area contributed by atoms with E-state index in [1.807, 2.05) is 0 Å². The van der Waals surface area contributed by atoms with Gasteiger partial charge in [0.1, 0.15) is 11.5 Å². The highest BCUT2D eigenvalue weighted by Crippen LogP contribution is 2.29. The first-order chi connectivity index (χ1) is 12.3. The number of carbonyl (C=O) groups excluding carboxylic acids is 1. The van der Waals surface area contributed by atoms with Crippen molar-refractivity contribution in [2.24, 2.45) is 7.05 Å². The van der Waals surface area contributed by atoms with E-state index in [9.17, 15) is 18.0 Å². The van der Waals surface area contributed by atoms with Crippen molar-refractivity contribution < 1.29 is 18.0 Å². The lowest BCUT2D eigenvalue weighted by Crippen LogP contribution is -2.35. The molecule has 1 N–H and O–H groups in total. The van der Waals surface area contributed by atoms with Crippen molar-refractivity contribution in [3.63, 3.8) is 0 Å². The van der Waals surface area contributed by atoms with E-state index in [-0.39, 0.29) is 11.7 Å². The molecule has 0 aromatic carbocycles. The number of amides is 1. The van der Waals surface area contributed by atoms with Gasteiger partial charge in [-0.25, -0.2) is 4.68 Å². The summed E-state index contributed by atoms with van der Waals surface area (Å²) in [5.41, 5.74) is -1.25. The molecule has 0 radical (unpaired) electrons. The molecular formula is C16H21F3N6O. The molecule has 26 heavy (non-hydrogen) atoms. The van der Waals surface area contributed by atoms with Gasteiger partial charge >= 0.3 is 6.18 Å². The largest absolute Gasteiger partial charge is 0.435 e. The maximum atomic E-state index is 12.8. The molecule has 2 aromatic rings. The molecule has 0 atom stereocenters. The maximum Gasteiger partial charge on any atom is 0.435 e. The van der Waals surface area contributed by atoms with E-state index in [4.69, 9.17) is 0 Å². The topological polar surface area (TPSA) is 68.0 Å². The Labute approximate surface area is 148 Å². The molecule has 2 aromatic heterocycles. The van der Waals surface area contributed by atoms with Crippen LogP contribution in [0.4, 0.5) is 19.0 Å². The zero-order valence-electron chi connectivity index (χ0n) is 14.6. The van der Waals surface area contributed by atoms with Crippen LogP contribution in [0.2, 0.25) is 0 Å². The summed E-state index contributed by atoms with van der Waals surface area (Å²) < 4.78 is 41.0. The Morgan fingerprint density at radius 1 is 1.35 bits per heavy atom. The molecule has 0 saturated carbocycles. The van der Waals surface area contributed by atoms with Gasteiger partial charge in [-0.2, -0.15) is 23.4 Å². The monoisotopic (exact) mass is 370 g/mol. The molecule has 1 aliphatic heterocycles. The highest BCUT2D eigenvalue weighted by Gasteiger charge is 2.35. The van der Waals surface area contributed by atoms with Crippen LogP contribution >= 0.6 is 0 Å². The van der Waals surface area contributed by atoms with Crippen LogP contribution in [0.15, 0.2) is 18.3 Å². The molecule has 10 heteroatoms. The molecule has 1 saturated heterocycles. The van der Waals surface area contributed by atoms with Gasteiger partial charge < -0.3 is 10.2 Å². The summed E-state index contributed by atoms with van der Waals surface area (Å²) in [6.07, 6.45) is -1.21. The molecule has 1 aliphatic rings. The number of aryl methyl sites for hydroxylation is 1. The number of anilines is 1. The van der Waals surface area contributed by atoms with Gasteiger partial charge in [0.2, 0.25) is 0 Å². The number of piperidine rings is 1. The fourth-order valence-corrected chi connectivity index (χ4v) is 3.18. The highest BCUT2D eigenvalue weighted by atomic mass is 19.4. The lowest BCUT2D eigenvalue weighted by Gasteiger charge is -2.31. The second-order valence-electron chi connectivity index (χ2n) is 6.32. The minimum atomic E-state index is -4.59. The van der Waals surface area contributed by atoms with Crippen LogP contribution in [-0.4, -0.2) is 50.0 Å². The molecule has 0 unspecified atom stereocenters. The van der Waals surface area contributed by atoms with Crippen molar-refractivity contribution in [2.45, 2.75) is 32.0 Å². The van der Waals surface area contributed by atoms with Crippen LogP contribution in [0, 0.1) is 0 Å². The van der Waals surface area contributed by atoms with E-state index in [1.54, 1.807) is 16.9 Å². The van der Waals surface area contributed by atoms with Crippen molar-refractivity contribution in [1.82, 2.24) is 24.5 Å². The minimum Gasteiger partial charge on any atom is -0.305 e. The lowest BCUT2D eigenvalue weighted by atomic mass is 10.1. The Kier molecular flexibility index (Phi) is 5.03. The SMILES string of the molecule is CCN1CCC(n2nccc2NC(=O)c2cc(C(F)(F)F)nn2C)CC1. The molecule has 142 valence electrons. The van der Waals surface area contributed by atoms with Gasteiger partial charge in [0.15, 0.2) is 5.69 Å². The van der Waals surface area contributed by atoms with Gasteiger partial charge in [-0.1, -0.05) is 6.92 Å². The molecule has 1 amide bonds. The van der Waals surface area contributed by atoms with Gasteiger partial charge in [0.25, 0.3) is 5.91 Å². The van der Waals surface area contributed by atoms with Crippen molar-refractivity contribution in [3.05, 3.63) is 29.7 Å². The average Bonchev–Trinajstić information content (AvgIpc) is 3.21. The second kappa shape index (κ2) is 7.10. The van der Waals surface area contributed by atoms with Crippen molar-refractivity contribution in [3.8, 4) is 0 Å². The summed E-state index contributed by atoms with van der Waals surface area (Å²) in [6.45, 7) is 5.01. The number of nitrogens with zero attached hydrogens (tertiary/aromatic N) is 5. The minimum absolute atomic E-state index is 0.153. The molecule has 0 spiro atoms. The fraction of sp³-hybridized carbons (Fsp3) is 0.562. The van der Waals surface area contributed by atoms with Gasteiger partial charge in [-0.15, -0.1) is 0 Å². The lowest BCUT2D eigenvalue weighted by molar-refractivity contribution is -0.141. The summed E-state index contributed by atoms with van der Waals surface area (Å²) in [5.74, 6) is -0.178. The van der Waals surface area contributed by atoms with Crippen LogP contribution < -0.4 is 5.32 Å². The Morgan fingerprint density at radius 2 is 2.04 bits per heavy atom. The summed E-state index contributed by atoms with van der Waals surface area (Å²) in [5, 5.41) is 10.3. The number of halogens is 3. The highest BCUT2D eigenvalue weighted by molar-refractivity contribution is 6.02. The standard InChI is InChI=1S/C16H21F3N6O/c1-3-24-8-5-11(6-9-24)25-14(4-7-20-25)21-15(26)12-10-13(16(17,18)19)22-23(12)2/h4,7,10-11H,3,5-6,8-9H2,1-2H3,(H,21,26). The Morgan fingerprint density at radius 3 is 2.62 bits per heavy atom. The first-order valence-corrected chi connectivity index (χ1v) is 8.48. The van der Waals surface area contributed by atoms with Crippen LogP contribution in [0.5, 0.6) is 0 Å². The molecular weight excluding hydrogens is 349 g/mol. The predicted octanol–water partition coefficient (Wildman–Crippen LogP) is 2.54. The third-order valence-electron chi connectivity index (χ3n) is 4.66. The Bertz CT molecular complexity index is 773. The van der Waals surface area contributed by atoms with Crippen molar-refractivity contribution in [1.29, 1.82) is 0 Å². The van der Waals surface area contributed by atoms with E-state index in [2.05, 4.69) is 27.3 Å². The van der Waals surface area contributed by atoms with E-state index < -0.39 is 17.8 Å². The van der Waals surface area contributed by atoms with Gasteiger partial charge in [-0.05, 0) is 19.4 Å². The van der Waals surface area contributed by atoms with Gasteiger partial charge in [-0.3, -0.25) is 9.48 Å². The summed E-state index contributed by atoms with van der Waals surface area (Å²) in [6, 6.07) is 2.54. The first kappa shape index (κ1) is 18.4. The first-order valence-electron chi connectivity index (χ1n) is 8.48. The zero-order chi connectivity index (χ0) is 18.9. The number of rotatable bonds is 4. The number of aromatic nitrogens is 4. The molecule has 0 aliphatic carbocycles. The molecule has 3 heterocycles. The summed E-state index contributed by atoms with van der Waals surface area (Å²) >= 11 is 0. The Balaban J connectivity index is 1.74. The van der Waals surface area contributed by atoms with E-state index in [0.29, 0.717) is 5.82 Å². The Hall–Kier alpha value is -2.36. The number of carbonyl (C=O) groups is 1. The summed E-state index contributed by atoms with van der Waals surface area (Å²) in [4.78, 5) is 14.8. The number of hydrogen-bond donors (Lipinski definition) is 1. The van der Waals surface area contributed by atoms with Crippen LogP contribution in [0.1, 0.15) is 42.0 Å². The maximum absolute atomic E-state index is 12.8.